The molecular formula is C19H28F4O5S. The van der Waals surface area contributed by atoms with E-state index in [4.69, 9.17) is 4.74 Å². The second-order valence-corrected chi connectivity index (χ2v) is 11.6. The Kier molecular flexibility index (Phi) is 5.78. The molecule has 0 aliphatic heterocycles. The van der Waals surface area contributed by atoms with Crippen molar-refractivity contribution in [2.45, 2.75) is 81.0 Å². The predicted octanol–water partition coefficient (Wildman–Crippen LogP) is 3.69. The van der Waals surface area contributed by atoms with E-state index in [-0.39, 0.29) is 31.1 Å². The largest absolute Gasteiger partial charge is 0.466 e. The highest BCUT2D eigenvalue weighted by molar-refractivity contribution is 7.91. The Morgan fingerprint density at radius 2 is 1.69 bits per heavy atom. The van der Waals surface area contributed by atoms with Crippen LogP contribution in [0.4, 0.5) is 17.6 Å². The first-order chi connectivity index (χ1) is 13.2. The van der Waals surface area contributed by atoms with E-state index in [1.54, 1.807) is 0 Å². The van der Waals surface area contributed by atoms with Crippen molar-refractivity contribution in [3.8, 4) is 0 Å². The van der Waals surface area contributed by atoms with Gasteiger partial charge in [0.05, 0.1) is 18.6 Å². The molecule has 4 rings (SSSR count). The number of ether oxygens (including phenoxy) is 1. The molecule has 168 valence electrons. The number of hydrogen-bond donors (Lipinski definition) is 1. The van der Waals surface area contributed by atoms with Crippen LogP contribution in [0, 0.1) is 17.3 Å². The molecule has 4 aliphatic carbocycles. The van der Waals surface area contributed by atoms with Crippen molar-refractivity contribution >= 4 is 15.8 Å². The Labute approximate surface area is 168 Å². The molecule has 0 aromatic rings. The van der Waals surface area contributed by atoms with Crippen LogP contribution < -0.4 is 0 Å². The SMILES string of the molecule is CS(=O)(=O)C(F)(F)C(F)(F)CCCCOC(=O)CC12CC3CC(CC(O)(C3)C1)C2. The van der Waals surface area contributed by atoms with Crippen molar-refractivity contribution < 1.29 is 40.6 Å². The van der Waals surface area contributed by atoms with Crippen LogP contribution in [-0.4, -0.2) is 49.1 Å². The molecule has 2 atom stereocenters. The Morgan fingerprint density at radius 1 is 1.10 bits per heavy atom. The zero-order chi connectivity index (χ0) is 21.7. The summed E-state index contributed by atoms with van der Waals surface area (Å²) in [4.78, 5) is 12.2. The number of sulfone groups is 1. The summed E-state index contributed by atoms with van der Waals surface area (Å²) >= 11 is 0. The summed E-state index contributed by atoms with van der Waals surface area (Å²) in [5, 5.41) is 5.57. The number of esters is 1. The van der Waals surface area contributed by atoms with Crippen LogP contribution in [0.3, 0.4) is 0 Å². The zero-order valence-electron chi connectivity index (χ0n) is 16.4. The van der Waals surface area contributed by atoms with Gasteiger partial charge in [0.25, 0.3) is 0 Å². The second-order valence-electron chi connectivity index (χ2n) is 9.53. The lowest BCUT2D eigenvalue weighted by Gasteiger charge is -2.60. The first-order valence-corrected chi connectivity index (χ1v) is 11.9. The maximum atomic E-state index is 13.5. The second kappa shape index (κ2) is 7.35. The summed E-state index contributed by atoms with van der Waals surface area (Å²) < 4.78 is 80.7. The van der Waals surface area contributed by atoms with Gasteiger partial charge in [0.1, 0.15) is 0 Å². The standard InChI is InChI=1S/C19H28F4O5S/c1-29(26,27)19(22,23)18(20,21)4-2-3-5-28-15(24)11-16-7-13-6-14(8-16)10-17(25,9-13)12-16/h13-14,25H,2-12H2,1H3. The minimum absolute atomic E-state index is 0.0661. The number of halogens is 4. The van der Waals surface area contributed by atoms with Gasteiger partial charge < -0.3 is 9.84 Å². The van der Waals surface area contributed by atoms with Crippen molar-refractivity contribution in [3.05, 3.63) is 0 Å². The van der Waals surface area contributed by atoms with Gasteiger partial charge in [-0.3, -0.25) is 4.79 Å². The van der Waals surface area contributed by atoms with Crippen LogP contribution >= 0.6 is 0 Å². The molecule has 2 unspecified atom stereocenters. The van der Waals surface area contributed by atoms with E-state index >= 15 is 0 Å². The maximum absolute atomic E-state index is 13.5. The Balaban J connectivity index is 1.42. The van der Waals surface area contributed by atoms with Crippen LogP contribution in [0.5, 0.6) is 0 Å². The topological polar surface area (TPSA) is 80.7 Å². The summed E-state index contributed by atoms with van der Waals surface area (Å²) in [5.41, 5.74) is -0.957. The predicted molar refractivity (Wildman–Crippen MR) is 96.2 cm³/mol. The third kappa shape index (κ3) is 4.57. The molecule has 0 amide bonds. The summed E-state index contributed by atoms with van der Waals surface area (Å²) in [5.74, 6) is -4.30. The zero-order valence-corrected chi connectivity index (χ0v) is 17.2. The summed E-state index contributed by atoms with van der Waals surface area (Å²) in [6.45, 7) is -0.188. The lowest BCUT2D eigenvalue weighted by atomic mass is 9.47. The average molecular weight is 444 g/mol. The van der Waals surface area contributed by atoms with E-state index in [9.17, 15) is 35.9 Å². The van der Waals surface area contributed by atoms with Crippen LogP contribution in [0.1, 0.15) is 64.2 Å². The van der Waals surface area contributed by atoms with Crippen LogP contribution in [0.2, 0.25) is 0 Å². The fourth-order valence-electron chi connectivity index (χ4n) is 6.02. The number of alkyl halides is 4. The number of rotatable bonds is 9. The van der Waals surface area contributed by atoms with Gasteiger partial charge >= 0.3 is 17.1 Å². The van der Waals surface area contributed by atoms with Crippen molar-refractivity contribution in [1.29, 1.82) is 0 Å². The normalized spacial score (nSPS) is 34.4. The molecule has 0 heterocycles. The van der Waals surface area contributed by atoms with Crippen molar-refractivity contribution in [3.63, 3.8) is 0 Å². The molecule has 29 heavy (non-hydrogen) atoms. The molecule has 4 fully saturated rings. The fraction of sp³-hybridized carbons (Fsp3) is 0.947. The first-order valence-electron chi connectivity index (χ1n) is 10.0. The van der Waals surface area contributed by atoms with E-state index in [0.717, 1.165) is 32.1 Å². The molecule has 0 radical (unpaired) electrons. The van der Waals surface area contributed by atoms with Gasteiger partial charge in [0.2, 0.25) is 9.84 Å². The third-order valence-corrected chi connectivity index (χ3v) is 7.94. The summed E-state index contributed by atoms with van der Waals surface area (Å²) in [6, 6.07) is 0. The quantitative estimate of drug-likeness (QED) is 0.333. The van der Waals surface area contributed by atoms with Crippen molar-refractivity contribution in [2.75, 3.05) is 12.9 Å². The minimum atomic E-state index is -5.24. The van der Waals surface area contributed by atoms with E-state index in [0.29, 0.717) is 18.3 Å². The third-order valence-electron chi connectivity index (χ3n) is 6.71. The molecule has 0 aromatic carbocycles. The molecule has 4 aliphatic rings. The number of unbranched alkanes of at least 4 members (excludes halogenated alkanes) is 1. The van der Waals surface area contributed by atoms with E-state index < -0.39 is 45.4 Å². The van der Waals surface area contributed by atoms with Gasteiger partial charge in [-0.25, -0.2) is 8.42 Å². The van der Waals surface area contributed by atoms with Gasteiger partial charge in [0, 0.05) is 12.7 Å². The maximum Gasteiger partial charge on any atom is 0.406 e. The molecule has 0 spiro atoms. The van der Waals surface area contributed by atoms with E-state index in [1.807, 2.05) is 0 Å². The molecule has 4 bridgehead atoms. The molecule has 5 nitrogen and oxygen atoms in total. The monoisotopic (exact) mass is 444 g/mol. The van der Waals surface area contributed by atoms with Crippen LogP contribution in [-0.2, 0) is 19.4 Å². The van der Waals surface area contributed by atoms with Gasteiger partial charge in [-0.2, -0.15) is 17.6 Å². The molecule has 0 aromatic heterocycles. The van der Waals surface area contributed by atoms with Crippen molar-refractivity contribution in [2.24, 2.45) is 17.3 Å². The number of aliphatic hydroxyl groups is 1. The highest BCUT2D eigenvalue weighted by atomic mass is 32.2. The smallest absolute Gasteiger partial charge is 0.406 e. The summed E-state index contributed by atoms with van der Waals surface area (Å²) in [6.07, 6.45) is 3.46. The van der Waals surface area contributed by atoms with Crippen molar-refractivity contribution in [1.82, 2.24) is 0 Å². The Morgan fingerprint density at radius 3 is 2.21 bits per heavy atom. The highest BCUT2D eigenvalue weighted by Gasteiger charge is 2.63. The van der Waals surface area contributed by atoms with E-state index in [1.165, 1.54) is 0 Å². The minimum Gasteiger partial charge on any atom is -0.466 e. The lowest BCUT2D eigenvalue weighted by Crippen LogP contribution is -2.56. The van der Waals surface area contributed by atoms with Gasteiger partial charge in [0.15, 0.2) is 0 Å². The first kappa shape index (κ1) is 22.8. The van der Waals surface area contributed by atoms with Gasteiger partial charge in [-0.15, -0.1) is 0 Å². The Hall–Kier alpha value is -0.900. The highest BCUT2D eigenvalue weighted by Crippen LogP contribution is 2.62. The number of hydrogen-bond acceptors (Lipinski definition) is 5. The Bertz CT molecular complexity index is 738. The number of carbonyl (C=O) groups excluding carboxylic acids is 1. The summed E-state index contributed by atoms with van der Waals surface area (Å²) in [7, 11) is -5.24. The lowest BCUT2D eigenvalue weighted by molar-refractivity contribution is -0.177. The molecule has 0 saturated heterocycles. The molecule has 1 N–H and O–H groups in total. The molecule has 4 saturated carbocycles. The van der Waals surface area contributed by atoms with E-state index in [2.05, 4.69) is 0 Å². The van der Waals surface area contributed by atoms with Gasteiger partial charge in [-0.05, 0) is 68.6 Å². The molecular weight excluding hydrogens is 416 g/mol. The number of carbonyl (C=O) groups is 1. The van der Waals surface area contributed by atoms with Crippen LogP contribution in [0.25, 0.3) is 0 Å². The molecule has 10 heteroatoms. The average Bonchev–Trinajstić information content (AvgIpc) is 2.50. The van der Waals surface area contributed by atoms with Gasteiger partial charge in [-0.1, -0.05) is 0 Å². The fourth-order valence-corrected chi connectivity index (χ4v) is 6.66. The van der Waals surface area contributed by atoms with Crippen LogP contribution in [0.15, 0.2) is 0 Å².